The van der Waals surface area contributed by atoms with Gasteiger partial charge in [-0.1, -0.05) is 0 Å². The number of nitrogens with zero attached hydrogens (tertiary/aromatic N) is 4. The molecule has 158 valence electrons. The number of hydrogen-bond acceptors (Lipinski definition) is 7. The first kappa shape index (κ1) is 19.4. The number of fused-ring (bicyclic) bond motifs is 2. The monoisotopic (exact) mass is 429 g/mol. The van der Waals surface area contributed by atoms with Gasteiger partial charge in [-0.25, -0.2) is 24.0 Å². The first-order valence-electron chi connectivity index (χ1n) is 9.89. The molecule has 0 radical (unpaired) electrons. The van der Waals surface area contributed by atoms with Gasteiger partial charge >= 0.3 is 10.2 Å². The Morgan fingerprint density at radius 3 is 2.97 bits per heavy atom. The Balaban J connectivity index is 1.74. The molecular weight excluding hydrogens is 406 g/mol. The van der Waals surface area contributed by atoms with Crippen LogP contribution in [0.25, 0.3) is 22.3 Å². The molecule has 10 nitrogen and oxygen atoms in total. The number of aromatic amines is 1. The molecule has 0 spiro atoms. The lowest BCUT2D eigenvalue weighted by Gasteiger charge is -2.30. The molecule has 2 atom stereocenters. The predicted molar refractivity (Wildman–Crippen MR) is 112 cm³/mol. The van der Waals surface area contributed by atoms with E-state index in [1.165, 1.54) is 11.4 Å². The first-order chi connectivity index (χ1) is 14.5. The zero-order valence-electron chi connectivity index (χ0n) is 16.7. The number of rotatable bonds is 4. The van der Waals surface area contributed by atoms with Crippen molar-refractivity contribution in [2.75, 3.05) is 31.0 Å². The van der Waals surface area contributed by atoms with E-state index in [1.54, 1.807) is 6.20 Å². The Morgan fingerprint density at radius 1 is 1.30 bits per heavy atom. The third kappa shape index (κ3) is 3.05. The van der Waals surface area contributed by atoms with Gasteiger partial charge in [-0.3, -0.25) is 0 Å². The third-order valence-corrected chi connectivity index (χ3v) is 7.09. The van der Waals surface area contributed by atoms with Crippen LogP contribution in [-0.4, -0.2) is 61.1 Å². The summed E-state index contributed by atoms with van der Waals surface area (Å²) in [6, 6.07) is 3.86. The number of H-pyrrole nitrogens is 1. The highest BCUT2D eigenvalue weighted by Gasteiger charge is 2.36. The fourth-order valence-electron chi connectivity index (χ4n) is 4.13. The molecule has 2 aliphatic rings. The van der Waals surface area contributed by atoms with Crippen molar-refractivity contribution >= 4 is 27.1 Å². The molecule has 30 heavy (non-hydrogen) atoms. The average Bonchev–Trinajstić information content (AvgIpc) is 3.40. The van der Waals surface area contributed by atoms with Gasteiger partial charge in [0.05, 0.1) is 12.3 Å². The number of ether oxygens (including phenoxy) is 1. The number of anilines is 1. The summed E-state index contributed by atoms with van der Waals surface area (Å²) in [5, 5.41) is 4.30. The van der Waals surface area contributed by atoms with E-state index < -0.39 is 10.2 Å². The van der Waals surface area contributed by atoms with Crippen molar-refractivity contribution in [3.63, 3.8) is 0 Å². The van der Waals surface area contributed by atoms with E-state index in [0.29, 0.717) is 31.2 Å². The zero-order chi connectivity index (χ0) is 20.9. The molecule has 0 aliphatic carbocycles. The molecule has 3 aromatic rings. The Kier molecular flexibility index (Phi) is 4.69. The quantitative estimate of drug-likeness (QED) is 0.563. The van der Waals surface area contributed by atoms with Crippen molar-refractivity contribution in [3.05, 3.63) is 35.9 Å². The van der Waals surface area contributed by atoms with E-state index in [0.717, 1.165) is 34.4 Å². The van der Waals surface area contributed by atoms with Crippen molar-refractivity contribution in [1.82, 2.24) is 30.0 Å². The van der Waals surface area contributed by atoms with Gasteiger partial charge in [0.2, 0.25) is 0 Å². The highest BCUT2D eigenvalue weighted by molar-refractivity contribution is 7.90. The molecule has 1 unspecified atom stereocenters. The molecule has 11 heteroatoms. The van der Waals surface area contributed by atoms with Crippen molar-refractivity contribution in [1.29, 1.82) is 0 Å². The maximum Gasteiger partial charge on any atom is 0.302 e. The molecule has 2 aliphatic heterocycles. The lowest BCUT2D eigenvalue weighted by Crippen LogP contribution is -2.42. The number of pyridine rings is 1. The van der Waals surface area contributed by atoms with Crippen LogP contribution < -0.4 is 14.3 Å². The molecule has 0 saturated carbocycles. The fourth-order valence-corrected chi connectivity index (χ4v) is 5.06. The SMILES string of the molecule is CNS(=O)(=O)N1CCc2c(-c3ccnc4[nH]ccc34)nc([C@@H]3OCCNC3C)nc21. The molecule has 0 amide bonds. The van der Waals surface area contributed by atoms with Crippen LogP contribution in [0.4, 0.5) is 5.82 Å². The van der Waals surface area contributed by atoms with Gasteiger partial charge in [-0.05, 0) is 25.5 Å². The summed E-state index contributed by atoms with van der Waals surface area (Å²) >= 11 is 0. The van der Waals surface area contributed by atoms with Crippen molar-refractivity contribution < 1.29 is 13.2 Å². The van der Waals surface area contributed by atoms with E-state index in [-0.39, 0.29) is 12.1 Å². The molecule has 3 aromatic heterocycles. The molecule has 0 aromatic carbocycles. The van der Waals surface area contributed by atoms with Crippen molar-refractivity contribution in [2.24, 2.45) is 0 Å². The van der Waals surface area contributed by atoms with Crippen LogP contribution >= 0.6 is 0 Å². The van der Waals surface area contributed by atoms with E-state index >= 15 is 0 Å². The molecule has 0 bridgehead atoms. The molecule has 5 rings (SSSR count). The average molecular weight is 430 g/mol. The second kappa shape index (κ2) is 7.27. The number of hydrogen-bond donors (Lipinski definition) is 3. The third-order valence-electron chi connectivity index (χ3n) is 5.64. The van der Waals surface area contributed by atoms with Gasteiger partial charge in [-0.2, -0.15) is 8.42 Å². The van der Waals surface area contributed by atoms with Gasteiger partial charge in [0, 0.05) is 55.1 Å². The molecular formula is C19H23N7O3S. The summed E-state index contributed by atoms with van der Waals surface area (Å²) < 4.78 is 34.9. The second-order valence-electron chi connectivity index (χ2n) is 7.40. The summed E-state index contributed by atoms with van der Waals surface area (Å²) in [5.74, 6) is 0.883. The Bertz CT molecular complexity index is 1210. The first-order valence-corrected chi connectivity index (χ1v) is 11.3. The minimum absolute atomic E-state index is 0.00475. The smallest absolute Gasteiger partial charge is 0.302 e. The van der Waals surface area contributed by atoms with Crippen LogP contribution in [0.3, 0.4) is 0 Å². The molecule has 1 fully saturated rings. The van der Waals surface area contributed by atoms with Gasteiger partial charge in [0.15, 0.2) is 11.6 Å². The minimum Gasteiger partial charge on any atom is -0.367 e. The predicted octanol–water partition coefficient (Wildman–Crippen LogP) is 0.896. The number of nitrogens with one attached hydrogen (secondary N) is 3. The summed E-state index contributed by atoms with van der Waals surface area (Å²) in [4.78, 5) is 17.1. The standard InChI is InChI=1S/C19H23N7O3S/c1-11-16(29-10-8-21-11)18-24-15(12-3-6-22-17-13(12)4-7-23-17)14-5-9-26(19(14)25-18)30(27,28)20-2/h3-4,6-7,11,16,20-21H,5,8-10H2,1-2H3,(H,22,23)/t11?,16-/m1/s1. The van der Waals surface area contributed by atoms with Crippen molar-refractivity contribution in [3.8, 4) is 11.3 Å². The van der Waals surface area contributed by atoms with Crippen LogP contribution in [0, 0.1) is 0 Å². The van der Waals surface area contributed by atoms with E-state index in [4.69, 9.17) is 9.72 Å². The Hall–Kier alpha value is -2.60. The Labute approximate surface area is 174 Å². The lowest BCUT2D eigenvalue weighted by atomic mass is 10.0. The van der Waals surface area contributed by atoms with Crippen LogP contribution in [-0.2, 0) is 21.4 Å². The summed E-state index contributed by atoms with van der Waals surface area (Å²) in [7, 11) is -2.28. The normalized spacial score (nSPS) is 21.9. The topological polar surface area (TPSA) is 125 Å². The van der Waals surface area contributed by atoms with Gasteiger partial charge in [0.1, 0.15) is 11.8 Å². The largest absolute Gasteiger partial charge is 0.367 e. The van der Waals surface area contributed by atoms with Crippen LogP contribution in [0.15, 0.2) is 24.5 Å². The van der Waals surface area contributed by atoms with Gasteiger partial charge < -0.3 is 15.0 Å². The summed E-state index contributed by atoms with van der Waals surface area (Å²) in [6.45, 7) is 3.62. The highest BCUT2D eigenvalue weighted by Crippen LogP contribution is 2.38. The molecule has 1 saturated heterocycles. The molecule has 5 heterocycles. The van der Waals surface area contributed by atoms with E-state index in [1.807, 2.05) is 25.3 Å². The maximum absolute atomic E-state index is 12.6. The maximum atomic E-state index is 12.6. The van der Waals surface area contributed by atoms with Gasteiger partial charge in [-0.15, -0.1) is 0 Å². The summed E-state index contributed by atoms with van der Waals surface area (Å²) in [5.41, 5.74) is 3.17. The van der Waals surface area contributed by atoms with Gasteiger partial charge in [0.25, 0.3) is 0 Å². The van der Waals surface area contributed by atoms with Crippen LogP contribution in [0.2, 0.25) is 0 Å². The summed E-state index contributed by atoms with van der Waals surface area (Å²) in [6.07, 6.45) is 3.71. The van der Waals surface area contributed by atoms with Crippen molar-refractivity contribution in [2.45, 2.75) is 25.5 Å². The van der Waals surface area contributed by atoms with Crippen LogP contribution in [0.5, 0.6) is 0 Å². The lowest BCUT2D eigenvalue weighted by molar-refractivity contribution is -0.00547. The Morgan fingerprint density at radius 2 is 2.17 bits per heavy atom. The van der Waals surface area contributed by atoms with E-state index in [2.05, 4.69) is 25.0 Å². The number of morpholine rings is 1. The fraction of sp³-hybridized carbons (Fsp3) is 0.421. The highest BCUT2D eigenvalue weighted by atomic mass is 32.2. The molecule has 3 N–H and O–H groups in total. The minimum atomic E-state index is -3.68. The number of aromatic nitrogens is 4. The second-order valence-corrected chi connectivity index (χ2v) is 9.20. The van der Waals surface area contributed by atoms with E-state index in [9.17, 15) is 8.42 Å². The van der Waals surface area contributed by atoms with Crippen LogP contribution in [0.1, 0.15) is 24.4 Å². The zero-order valence-corrected chi connectivity index (χ0v) is 17.5.